The summed E-state index contributed by atoms with van der Waals surface area (Å²) in [5.74, 6) is -0.511. The lowest BCUT2D eigenvalue weighted by molar-refractivity contribution is -0.115. The number of anilines is 1. The number of hydrogen-bond donors (Lipinski definition) is 2. The van der Waals surface area contributed by atoms with Gasteiger partial charge in [0.1, 0.15) is 5.69 Å². The van der Waals surface area contributed by atoms with Crippen molar-refractivity contribution in [3.05, 3.63) is 58.4 Å². The van der Waals surface area contributed by atoms with Crippen LogP contribution in [0.1, 0.15) is 55.4 Å². The Kier molecular flexibility index (Phi) is 7.16. The van der Waals surface area contributed by atoms with Gasteiger partial charge in [0, 0.05) is 29.6 Å². The molecule has 0 fully saturated rings. The van der Waals surface area contributed by atoms with E-state index in [1.54, 1.807) is 25.3 Å². The SMILES string of the molecule is COC(C)c1cc(Cl)cc(CC(=O)Nc2ccnc(C(=O)NC(C)(C)C)c2)c1. The molecule has 1 aromatic heterocycles. The zero-order valence-corrected chi connectivity index (χ0v) is 17.6. The fourth-order valence-electron chi connectivity index (χ4n) is 2.58. The molecule has 2 aromatic rings. The molecule has 6 nitrogen and oxygen atoms in total. The molecular weight excluding hydrogens is 378 g/mol. The third-order valence-electron chi connectivity index (χ3n) is 3.93. The molecule has 2 N–H and O–H groups in total. The first-order chi connectivity index (χ1) is 13.1. The molecule has 7 heteroatoms. The fourth-order valence-corrected chi connectivity index (χ4v) is 2.84. The molecule has 0 aliphatic rings. The number of carbonyl (C=O) groups is 2. The summed E-state index contributed by atoms with van der Waals surface area (Å²) < 4.78 is 5.31. The maximum Gasteiger partial charge on any atom is 0.270 e. The zero-order valence-electron chi connectivity index (χ0n) is 16.8. The first kappa shape index (κ1) is 21.9. The van der Waals surface area contributed by atoms with Crippen LogP contribution < -0.4 is 10.6 Å². The van der Waals surface area contributed by atoms with Gasteiger partial charge in [0.25, 0.3) is 5.91 Å². The van der Waals surface area contributed by atoms with E-state index in [4.69, 9.17) is 16.3 Å². The van der Waals surface area contributed by atoms with Crippen LogP contribution in [0.2, 0.25) is 5.02 Å². The number of methoxy groups -OCH3 is 1. The van der Waals surface area contributed by atoms with Crippen LogP contribution >= 0.6 is 11.6 Å². The number of amides is 2. The van der Waals surface area contributed by atoms with Crippen molar-refractivity contribution in [1.29, 1.82) is 0 Å². The van der Waals surface area contributed by atoms with Crippen LogP contribution in [0.15, 0.2) is 36.5 Å². The van der Waals surface area contributed by atoms with E-state index < -0.39 is 0 Å². The molecular formula is C21H26ClN3O3. The molecule has 0 bridgehead atoms. The lowest BCUT2D eigenvalue weighted by Crippen LogP contribution is -2.40. The van der Waals surface area contributed by atoms with Gasteiger partial charge >= 0.3 is 0 Å². The number of ether oxygens (including phenoxy) is 1. The molecule has 2 amide bonds. The Morgan fingerprint density at radius 2 is 1.93 bits per heavy atom. The summed E-state index contributed by atoms with van der Waals surface area (Å²) in [5.41, 5.74) is 2.06. The van der Waals surface area contributed by atoms with E-state index >= 15 is 0 Å². The lowest BCUT2D eigenvalue weighted by atomic mass is 10.0. The van der Waals surface area contributed by atoms with Gasteiger partial charge < -0.3 is 15.4 Å². The molecule has 1 aromatic carbocycles. The van der Waals surface area contributed by atoms with E-state index in [-0.39, 0.29) is 35.6 Å². The molecule has 1 heterocycles. The number of benzene rings is 1. The molecule has 0 saturated heterocycles. The Balaban J connectivity index is 2.09. The van der Waals surface area contributed by atoms with Gasteiger partial charge in [0.15, 0.2) is 0 Å². The van der Waals surface area contributed by atoms with Crippen molar-refractivity contribution >= 4 is 29.1 Å². The Bertz CT molecular complexity index is 862. The van der Waals surface area contributed by atoms with Gasteiger partial charge in [-0.25, -0.2) is 0 Å². The van der Waals surface area contributed by atoms with Crippen LogP contribution in [0.5, 0.6) is 0 Å². The average molecular weight is 404 g/mol. The Hall–Kier alpha value is -2.44. The molecule has 28 heavy (non-hydrogen) atoms. The molecule has 0 radical (unpaired) electrons. The second-order valence-electron chi connectivity index (χ2n) is 7.63. The number of rotatable bonds is 6. The number of nitrogens with one attached hydrogen (secondary N) is 2. The van der Waals surface area contributed by atoms with E-state index in [2.05, 4.69) is 15.6 Å². The second kappa shape index (κ2) is 9.17. The molecule has 1 unspecified atom stereocenters. The maximum atomic E-state index is 12.4. The van der Waals surface area contributed by atoms with Crippen LogP contribution in [0.4, 0.5) is 5.69 Å². The zero-order chi connectivity index (χ0) is 20.9. The van der Waals surface area contributed by atoms with Crippen molar-refractivity contribution in [1.82, 2.24) is 10.3 Å². The number of halogens is 1. The molecule has 2 rings (SSSR count). The lowest BCUT2D eigenvalue weighted by Gasteiger charge is -2.20. The largest absolute Gasteiger partial charge is 0.377 e. The van der Waals surface area contributed by atoms with Crippen LogP contribution in [0.3, 0.4) is 0 Å². The summed E-state index contributed by atoms with van der Waals surface area (Å²) in [7, 11) is 1.62. The number of carbonyl (C=O) groups excluding carboxylic acids is 2. The van der Waals surface area contributed by atoms with Gasteiger partial charge in [-0.3, -0.25) is 14.6 Å². The molecule has 0 aliphatic heterocycles. The minimum Gasteiger partial charge on any atom is -0.377 e. The molecule has 0 aliphatic carbocycles. The average Bonchev–Trinajstić information content (AvgIpc) is 2.59. The molecule has 150 valence electrons. The summed E-state index contributed by atoms with van der Waals surface area (Å²) in [6.45, 7) is 7.58. The van der Waals surface area contributed by atoms with Crippen LogP contribution in [0.25, 0.3) is 0 Å². The van der Waals surface area contributed by atoms with Gasteiger partial charge in [-0.2, -0.15) is 0 Å². The smallest absolute Gasteiger partial charge is 0.270 e. The maximum absolute atomic E-state index is 12.4. The summed E-state index contributed by atoms with van der Waals surface area (Å²) in [4.78, 5) is 28.8. The van der Waals surface area contributed by atoms with Gasteiger partial charge in [0.05, 0.1) is 12.5 Å². The third-order valence-corrected chi connectivity index (χ3v) is 4.15. The van der Waals surface area contributed by atoms with Crippen molar-refractivity contribution < 1.29 is 14.3 Å². The number of hydrogen-bond acceptors (Lipinski definition) is 4. The number of pyridine rings is 1. The van der Waals surface area contributed by atoms with Crippen molar-refractivity contribution in [2.45, 2.75) is 45.8 Å². The van der Waals surface area contributed by atoms with Crippen LogP contribution in [0, 0.1) is 0 Å². The van der Waals surface area contributed by atoms with Gasteiger partial charge in [-0.1, -0.05) is 17.7 Å². The highest BCUT2D eigenvalue weighted by atomic mass is 35.5. The monoisotopic (exact) mass is 403 g/mol. The van der Waals surface area contributed by atoms with E-state index in [1.165, 1.54) is 6.20 Å². The predicted molar refractivity (Wildman–Crippen MR) is 111 cm³/mol. The van der Waals surface area contributed by atoms with E-state index in [1.807, 2.05) is 39.8 Å². The molecule has 0 spiro atoms. The highest BCUT2D eigenvalue weighted by molar-refractivity contribution is 6.30. The van der Waals surface area contributed by atoms with Crippen LogP contribution in [-0.2, 0) is 16.0 Å². The standard InChI is InChI=1S/C21H26ClN3O3/c1-13(28-5)15-8-14(9-16(22)11-15)10-19(26)24-17-6-7-23-18(12-17)20(27)25-21(2,3)4/h6-9,11-13H,10H2,1-5H3,(H,25,27)(H,23,24,26). The summed E-state index contributed by atoms with van der Waals surface area (Å²) in [6.07, 6.45) is 1.52. The fraction of sp³-hybridized carbons (Fsp3) is 0.381. The Morgan fingerprint density at radius 1 is 1.21 bits per heavy atom. The van der Waals surface area contributed by atoms with Crippen molar-refractivity contribution in [2.24, 2.45) is 0 Å². The van der Waals surface area contributed by atoms with Crippen LogP contribution in [-0.4, -0.2) is 29.4 Å². The highest BCUT2D eigenvalue weighted by Gasteiger charge is 2.17. The third kappa shape index (κ3) is 6.62. The molecule has 0 saturated carbocycles. The summed E-state index contributed by atoms with van der Waals surface area (Å²) >= 11 is 6.16. The van der Waals surface area contributed by atoms with Gasteiger partial charge in [-0.15, -0.1) is 0 Å². The quantitative estimate of drug-likeness (QED) is 0.759. The highest BCUT2D eigenvalue weighted by Crippen LogP contribution is 2.23. The van der Waals surface area contributed by atoms with Gasteiger partial charge in [-0.05, 0) is 63.1 Å². The van der Waals surface area contributed by atoms with Crippen molar-refractivity contribution in [3.8, 4) is 0 Å². The van der Waals surface area contributed by atoms with E-state index in [9.17, 15) is 9.59 Å². The summed E-state index contributed by atoms with van der Waals surface area (Å²) in [6, 6.07) is 8.66. The van der Waals surface area contributed by atoms with Gasteiger partial charge in [0.2, 0.25) is 5.91 Å². The topological polar surface area (TPSA) is 80.3 Å². The predicted octanol–water partition coefficient (Wildman–Crippen LogP) is 4.15. The Labute approximate surface area is 170 Å². The normalized spacial score (nSPS) is 12.4. The second-order valence-corrected chi connectivity index (χ2v) is 8.07. The minimum atomic E-state index is -0.373. The van der Waals surface area contributed by atoms with E-state index in [0.717, 1.165) is 11.1 Å². The van der Waals surface area contributed by atoms with E-state index in [0.29, 0.717) is 10.7 Å². The number of aromatic nitrogens is 1. The molecule has 1 atom stereocenters. The van der Waals surface area contributed by atoms with Crippen molar-refractivity contribution in [2.75, 3.05) is 12.4 Å². The Morgan fingerprint density at radius 3 is 2.57 bits per heavy atom. The minimum absolute atomic E-state index is 0.121. The first-order valence-corrected chi connectivity index (χ1v) is 9.36. The van der Waals surface area contributed by atoms with Crippen molar-refractivity contribution in [3.63, 3.8) is 0 Å². The summed E-state index contributed by atoms with van der Waals surface area (Å²) in [5, 5.41) is 6.19. The number of nitrogens with zero attached hydrogens (tertiary/aromatic N) is 1. The first-order valence-electron chi connectivity index (χ1n) is 8.98.